The number of amidine groups is 1. The van der Waals surface area contributed by atoms with Gasteiger partial charge in [0.1, 0.15) is 17.1 Å². The molecular formula is C36H47ClN6O3. The third-order valence-corrected chi connectivity index (χ3v) is 8.01. The Morgan fingerprint density at radius 3 is 2.50 bits per heavy atom. The molecule has 1 aromatic carbocycles. The van der Waals surface area contributed by atoms with Crippen molar-refractivity contribution >= 4 is 40.6 Å². The predicted molar refractivity (Wildman–Crippen MR) is 189 cm³/mol. The van der Waals surface area contributed by atoms with Gasteiger partial charge in [0.2, 0.25) is 5.91 Å². The van der Waals surface area contributed by atoms with Gasteiger partial charge in [0.15, 0.2) is 5.84 Å². The smallest absolute Gasteiger partial charge is 0.259 e. The van der Waals surface area contributed by atoms with Gasteiger partial charge in [-0.05, 0) is 87.8 Å². The number of carbonyl (C=O) groups excluding carboxylic acids is 2. The highest BCUT2D eigenvalue weighted by molar-refractivity contribution is 6.45. The number of benzene rings is 1. The summed E-state index contributed by atoms with van der Waals surface area (Å²) in [5.41, 5.74) is 4.88. The second-order valence-corrected chi connectivity index (χ2v) is 11.7. The Bertz CT molecular complexity index is 1530. The van der Waals surface area contributed by atoms with Crippen LogP contribution in [0, 0.1) is 12.8 Å². The van der Waals surface area contributed by atoms with Crippen LogP contribution in [0.25, 0.3) is 0 Å². The summed E-state index contributed by atoms with van der Waals surface area (Å²) >= 11 is 6.49. The highest BCUT2D eigenvalue weighted by Crippen LogP contribution is 2.28. The molecular weight excluding hydrogens is 600 g/mol. The Morgan fingerprint density at radius 2 is 1.89 bits per heavy atom. The summed E-state index contributed by atoms with van der Waals surface area (Å²) in [6.45, 7) is 19.0. The number of aliphatic imine (C=N–C) groups is 1. The SMILES string of the molecule is C=C/C1=C\C(=C/C)NC(=C)/N=C(\C(Cl)=C/C)Nc2ccc(NC(=O)CC3CCN(C(=O)c4cnoc4C)CC3)c(c2)CC1.CCC. The van der Waals surface area contributed by atoms with E-state index in [-0.39, 0.29) is 17.7 Å². The number of aromatic nitrogens is 1. The van der Waals surface area contributed by atoms with E-state index in [0.29, 0.717) is 60.4 Å². The van der Waals surface area contributed by atoms with E-state index in [0.717, 1.165) is 41.1 Å². The number of carbonyl (C=O) groups is 2. The van der Waals surface area contributed by atoms with E-state index >= 15 is 0 Å². The number of halogens is 1. The summed E-state index contributed by atoms with van der Waals surface area (Å²) in [5, 5.41) is 13.8. The average Bonchev–Trinajstić information content (AvgIpc) is 3.48. The maximum atomic E-state index is 13.2. The van der Waals surface area contributed by atoms with Gasteiger partial charge in [0.25, 0.3) is 5.91 Å². The molecule has 1 saturated heterocycles. The van der Waals surface area contributed by atoms with Gasteiger partial charge in [-0.15, -0.1) is 0 Å². The number of nitrogens with one attached hydrogen (secondary N) is 3. The molecule has 2 bridgehead atoms. The molecule has 2 aliphatic rings. The molecule has 9 nitrogen and oxygen atoms in total. The van der Waals surface area contributed by atoms with E-state index in [2.05, 4.69) is 53.1 Å². The van der Waals surface area contributed by atoms with E-state index in [1.165, 1.54) is 12.6 Å². The van der Waals surface area contributed by atoms with Gasteiger partial charge in [0.05, 0.1) is 11.2 Å². The fraction of sp³-hybridized carbons (Fsp3) is 0.389. The molecule has 1 fully saturated rings. The Labute approximate surface area is 278 Å². The van der Waals surface area contributed by atoms with E-state index in [4.69, 9.17) is 16.1 Å². The van der Waals surface area contributed by atoms with Gasteiger partial charge in [-0.3, -0.25) is 9.59 Å². The number of hydrogen-bond acceptors (Lipinski definition) is 7. The van der Waals surface area contributed by atoms with Crippen LogP contribution >= 0.6 is 11.6 Å². The first-order valence-electron chi connectivity index (χ1n) is 15.9. The van der Waals surface area contributed by atoms with Gasteiger partial charge in [-0.25, -0.2) is 4.99 Å². The number of piperidine rings is 1. The summed E-state index contributed by atoms with van der Waals surface area (Å²) in [5.74, 6) is 1.47. The van der Waals surface area contributed by atoms with Gasteiger partial charge in [-0.2, -0.15) is 0 Å². The minimum Gasteiger partial charge on any atom is -0.361 e. The van der Waals surface area contributed by atoms with E-state index in [1.54, 1.807) is 17.9 Å². The summed E-state index contributed by atoms with van der Waals surface area (Å²) in [6.07, 6.45) is 13.5. The van der Waals surface area contributed by atoms with Crippen molar-refractivity contribution in [1.29, 1.82) is 0 Å². The maximum Gasteiger partial charge on any atom is 0.259 e. The minimum atomic E-state index is -0.0751. The molecule has 2 aromatic rings. The lowest BCUT2D eigenvalue weighted by atomic mass is 9.92. The van der Waals surface area contributed by atoms with Gasteiger partial charge >= 0.3 is 0 Å². The quantitative estimate of drug-likeness (QED) is 0.291. The second-order valence-electron chi connectivity index (χ2n) is 11.3. The molecule has 3 N–H and O–H groups in total. The number of rotatable bonds is 6. The van der Waals surface area contributed by atoms with Gasteiger partial charge in [-0.1, -0.05) is 68.4 Å². The van der Waals surface area contributed by atoms with Crippen molar-refractivity contribution < 1.29 is 14.1 Å². The Balaban J connectivity index is 0.00000185. The lowest BCUT2D eigenvalue weighted by Gasteiger charge is -2.31. The second kappa shape index (κ2) is 17.9. The predicted octanol–water partition coefficient (Wildman–Crippen LogP) is 8.26. The van der Waals surface area contributed by atoms with Crippen LogP contribution in [-0.2, 0) is 11.2 Å². The molecule has 1 aromatic heterocycles. The third kappa shape index (κ3) is 10.3. The Morgan fingerprint density at radius 1 is 1.17 bits per heavy atom. The van der Waals surface area contributed by atoms with Crippen molar-refractivity contribution in [2.45, 2.75) is 73.1 Å². The van der Waals surface area contributed by atoms with Crippen LogP contribution in [0.3, 0.4) is 0 Å². The normalized spacial score (nSPS) is 19.3. The highest BCUT2D eigenvalue weighted by atomic mass is 35.5. The first-order valence-corrected chi connectivity index (χ1v) is 16.3. The first-order chi connectivity index (χ1) is 22.1. The topological polar surface area (TPSA) is 112 Å². The standard InChI is InChI=1S/C33H39ClN6O3.C3H8/c1-6-23-9-10-25-19-27(38-32(29(34)8-3)37-22(5)36-26(7-2)17-23)11-12-30(25)39-31(41)18-24-13-15-40(16-14-24)33(42)28-20-35-43-21(28)4;1-3-2/h6-8,11-12,17,19-20,24,36H,1,5,9-10,13-16,18H2,2-4H3,(H,37,38)(H,39,41);3H2,1-2H3/b23-17+,26-7+,29-8+;. The van der Waals surface area contributed by atoms with Crippen LogP contribution in [0.5, 0.6) is 0 Å². The molecule has 0 spiro atoms. The molecule has 0 saturated carbocycles. The molecule has 46 heavy (non-hydrogen) atoms. The number of allylic oxidation sites excluding steroid dienone is 5. The Hall–Kier alpha value is -4.37. The van der Waals surface area contributed by atoms with Crippen LogP contribution in [0.2, 0.25) is 0 Å². The van der Waals surface area contributed by atoms with Crippen molar-refractivity contribution in [1.82, 2.24) is 15.4 Å². The molecule has 2 aliphatic heterocycles. The zero-order valence-electron chi connectivity index (χ0n) is 27.7. The summed E-state index contributed by atoms with van der Waals surface area (Å²) in [6, 6.07) is 5.80. The number of hydrogen-bond donors (Lipinski definition) is 3. The zero-order valence-corrected chi connectivity index (χ0v) is 28.5. The van der Waals surface area contributed by atoms with Gasteiger partial charge in [0, 0.05) is 36.6 Å². The molecule has 10 heteroatoms. The fourth-order valence-electron chi connectivity index (χ4n) is 5.13. The summed E-state index contributed by atoms with van der Waals surface area (Å²) < 4.78 is 5.04. The molecule has 3 heterocycles. The molecule has 0 atom stereocenters. The summed E-state index contributed by atoms with van der Waals surface area (Å²) in [7, 11) is 0. The molecule has 4 rings (SSSR count). The number of amides is 2. The van der Waals surface area contributed by atoms with Gasteiger partial charge < -0.3 is 25.4 Å². The average molecular weight is 647 g/mol. The lowest BCUT2D eigenvalue weighted by Crippen LogP contribution is -2.39. The Kier molecular flexibility index (Phi) is 14.1. The monoisotopic (exact) mass is 646 g/mol. The molecule has 0 radical (unpaired) electrons. The van der Waals surface area contributed by atoms with E-state index < -0.39 is 0 Å². The first kappa shape index (κ1) is 36.1. The van der Waals surface area contributed by atoms with Crippen molar-refractivity contribution in [3.05, 3.63) is 101 Å². The molecule has 246 valence electrons. The number of likely N-dealkylation sites (tertiary alicyclic amines) is 1. The zero-order chi connectivity index (χ0) is 33.6. The van der Waals surface area contributed by atoms with Crippen molar-refractivity contribution in [3.63, 3.8) is 0 Å². The number of anilines is 2. The van der Waals surface area contributed by atoms with Crippen LogP contribution in [0.1, 0.15) is 81.5 Å². The van der Waals surface area contributed by atoms with Crippen molar-refractivity contribution in [2.24, 2.45) is 10.9 Å². The third-order valence-electron chi connectivity index (χ3n) is 7.61. The van der Waals surface area contributed by atoms with Crippen LogP contribution in [0.15, 0.2) is 93.5 Å². The number of aryl methyl sites for hydroxylation is 2. The largest absolute Gasteiger partial charge is 0.361 e. The van der Waals surface area contributed by atoms with E-state index in [1.807, 2.05) is 50.3 Å². The lowest BCUT2D eigenvalue weighted by molar-refractivity contribution is -0.117. The van der Waals surface area contributed by atoms with Crippen molar-refractivity contribution in [2.75, 3.05) is 23.7 Å². The van der Waals surface area contributed by atoms with Crippen LogP contribution in [0.4, 0.5) is 11.4 Å². The fourth-order valence-corrected chi connectivity index (χ4v) is 5.22. The number of fused-ring (bicyclic) bond motifs is 2. The highest BCUT2D eigenvalue weighted by Gasteiger charge is 2.27. The molecule has 2 amide bonds. The van der Waals surface area contributed by atoms with Crippen LogP contribution < -0.4 is 16.0 Å². The van der Waals surface area contributed by atoms with Crippen molar-refractivity contribution in [3.8, 4) is 0 Å². The molecule has 0 unspecified atom stereocenters. The summed E-state index contributed by atoms with van der Waals surface area (Å²) in [4.78, 5) is 32.4. The molecule has 0 aliphatic carbocycles. The maximum absolute atomic E-state index is 13.2. The van der Waals surface area contributed by atoms with Crippen LogP contribution in [-0.4, -0.2) is 40.8 Å². The number of nitrogens with zero attached hydrogens (tertiary/aromatic N) is 3. The van der Waals surface area contributed by atoms with E-state index in [9.17, 15) is 9.59 Å². The minimum absolute atomic E-state index is 0.0464.